The highest BCUT2D eigenvalue weighted by Gasteiger charge is 2.07. The summed E-state index contributed by atoms with van der Waals surface area (Å²) in [5.74, 6) is 1.53. The molecule has 0 saturated carbocycles. The van der Waals surface area contributed by atoms with Crippen molar-refractivity contribution in [3.63, 3.8) is 0 Å². The highest BCUT2D eigenvalue weighted by atomic mass is 32.1. The van der Waals surface area contributed by atoms with Crippen molar-refractivity contribution in [3.8, 4) is 5.75 Å². The van der Waals surface area contributed by atoms with Crippen LogP contribution in [0.1, 0.15) is 5.69 Å². The average Bonchev–Trinajstić information content (AvgIpc) is 2.46. The van der Waals surface area contributed by atoms with E-state index in [4.69, 9.17) is 22.7 Å². The first-order chi connectivity index (χ1) is 9.11. The molecule has 5 nitrogen and oxygen atoms in total. The van der Waals surface area contributed by atoms with Crippen molar-refractivity contribution in [1.82, 2.24) is 9.97 Å². The van der Waals surface area contributed by atoms with E-state index < -0.39 is 0 Å². The van der Waals surface area contributed by atoms with E-state index in [9.17, 15) is 0 Å². The molecule has 0 fully saturated rings. The lowest BCUT2D eigenvalue weighted by atomic mass is 10.3. The molecule has 0 aliphatic rings. The van der Waals surface area contributed by atoms with E-state index in [0.29, 0.717) is 11.5 Å². The molecule has 98 valence electrons. The zero-order valence-electron chi connectivity index (χ0n) is 10.7. The van der Waals surface area contributed by atoms with Gasteiger partial charge in [0.1, 0.15) is 16.4 Å². The second-order valence-electron chi connectivity index (χ2n) is 3.88. The van der Waals surface area contributed by atoms with Crippen LogP contribution in [-0.4, -0.2) is 29.1 Å². The van der Waals surface area contributed by atoms with Gasteiger partial charge >= 0.3 is 0 Å². The Bertz CT molecular complexity index is 568. The van der Waals surface area contributed by atoms with Gasteiger partial charge in [-0.25, -0.2) is 9.97 Å². The topological polar surface area (TPSA) is 64.3 Å². The van der Waals surface area contributed by atoms with E-state index in [1.165, 1.54) is 0 Å². The van der Waals surface area contributed by atoms with Gasteiger partial charge < -0.3 is 15.4 Å². The molecule has 2 rings (SSSR count). The van der Waals surface area contributed by atoms with Crippen LogP contribution >= 0.6 is 12.2 Å². The third kappa shape index (κ3) is 2.97. The molecule has 0 amide bonds. The van der Waals surface area contributed by atoms with E-state index in [1.807, 2.05) is 36.2 Å². The molecule has 1 aromatic heterocycles. The van der Waals surface area contributed by atoms with Gasteiger partial charge in [0.2, 0.25) is 0 Å². The first-order valence-corrected chi connectivity index (χ1v) is 6.02. The minimum Gasteiger partial charge on any atom is -0.497 e. The largest absolute Gasteiger partial charge is 0.497 e. The lowest BCUT2D eigenvalue weighted by molar-refractivity contribution is 0.415. The highest BCUT2D eigenvalue weighted by Crippen LogP contribution is 2.23. The number of nitrogens with two attached hydrogens (primary N) is 1. The fraction of sp³-hybridized carbons (Fsp3) is 0.154. The normalized spacial score (nSPS) is 10.0. The van der Waals surface area contributed by atoms with Gasteiger partial charge in [0, 0.05) is 12.7 Å². The summed E-state index contributed by atoms with van der Waals surface area (Å²) in [4.78, 5) is 10.6. The summed E-state index contributed by atoms with van der Waals surface area (Å²) in [7, 11) is 3.55. The summed E-state index contributed by atoms with van der Waals surface area (Å²) in [6.45, 7) is 0. The predicted molar refractivity (Wildman–Crippen MR) is 79.0 cm³/mol. The van der Waals surface area contributed by atoms with E-state index >= 15 is 0 Å². The van der Waals surface area contributed by atoms with Crippen molar-refractivity contribution in [2.75, 3.05) is 19.1 Å². The molecule has 0 radical (unpaired) electrons. The summed E-state index contributed by atoms with van der Waals surface area (Å²) in [6.07, 6.45) is 3.20. The van der Waals surface area contributed by atoms with Crippen LogP contribution in [0, 0.1) is 0 Å². The Morgan fingerprint density at radius 1 is 1.21 bits per heavy atom. The van der Waals surface area contributed by atoms with Crippen molar-refractivity contribution in [2.45, 2.75) is 0 Å². The smallest absolute Gasteiger partial charge is 0.151 e. The quantitative estimate of drug-likeness (QED) is 0.859. The Morgan fingerprint density at radius 2 is 1.89 bits per heavy atom. The number of ether oxygens (including phenoxy) is 1. The molecule has 0 aliphatic heterocycles. The lowest BCUT2D eigenvalue weighted by Gasteiger charge is -2.18. The Morgan fingerprint density at radius 3 is 2.37 bits per heavy atom. The zero-order chi connectivity index (χ0) is 13.8. The van der Waals surface area contributed by atoms with E-state index in [-0.39, 0.29) is 4.99 Å². The first kappa shape index (κ1) is 13.2. The molecule has 1 aromatic carbocycles. The Kier molecular flexibility index (Phi) is 3.91. The number of rotatable bonds is 4. The summed E-state index contributed by atoms with van der Waals surface area (Å²) in [5.41, 5.74) is 6.98. The number of hydrogen-bond donors (Lipinski definition) is 1. The van der Waals surface area contributed by atoms with Gasteiger partial charge in [-0.1, -0.05) is 12.2 Å². The van der Waals surface area contributed by atoms with Crippen LogP contribution in [-0.2, 0) is 0 Å². The molecule has 2 aromatic rings. The van der Waals surface area contributed by atoms with Gasteiger partial charge in [0.25, 0.3) is 0 Å². The van der Waals surface area contributed by atoms with Gasteiger partial charge in [-0.15, -0.1) is 0 Å². The zero-order valence-corrected chi connectivity index (χ0v) is 11.5. The number of thiocarbonyl (C=S) groups is 1. The fourth-order valence-electron chi connectivity index (χ4n) is 1.56. The Hall–Kier alpha value is -2.21. The molecule has 0 spiro atoms. The number of benzene rings is 1. The van der Waals surface area contributed by atoms with E-state index in [2.05, 4.69) is 9.97 Å². The molecule has 0 atom stereocenters. The van der Waals surface area contributed by atoms with Crippen molar-refractivity contribution >= 4 is 28.7 Å². The number of nitrogens with zero attached hydrogens (tertiary/aromatic N) is 3. The highest BCUT2D eigenvalue weighted by molar-refractivity contribution is 7.80. The SMILES string of the molecule is COc1ccc(N(C)c2cnc(C(N)=S)cn2)cc1. The first-order valence-electron chi connectivity index (χ1n) is 5.61. The standard InChI is InChI=1S/C13H14N4OS/c1-17(9-3-5-10(18-2)6-4-9)12-8-15-11(7-16-12)13(14)19/h3-8H,1-2H3,(H2,14,19). The third-order valence-corrected chi connectivity index (χ3v) is 2.90. The predicted octanol–water partition coefficient (Wildman–Crippen LogP) is 1.89. The van der Waals surface area contributed by atoms with Crippen molar-refractivity contribution in [2.24, 2.45) is 5.73 Å². The molecule has 0 bridgehead atoms. The minimum absolute atomic E-state index is 0.242. The number of anilines is 2. The number of aromatic nitrogens is 2. The summed E-state index contributed by atoms with van der Waals surface area (Å²) < 4.78 is 5.12. The van der Waals surface area contributed by atoms with Crippen molar-refractivity contribution in [3.05, 3.63) is 42.4 Å². The molecule has 0 saturated heterocycles. The molecule has 2 N–H and O–H groups in total. The van der Waals surface area contributed by atoms with Crippen LogP contribution in [0.5, 0.6) is 5.75 Å². The van der Waals surface area contributed by atoms with Gasteiger partial charge in [-0.05, 0) is 24.3 Å². The van der Waals surface area contributed by atoms with Gasteiger partial charge in [-0.3, -0.25) is 0 Å². The maximum Gasteiger partial charge on any atom is 0.151 e. The van der Waals surface area contributed by atoms with Crippen LogP contribution < -0.4 is 15.4 Å². The maximum absolute atomic E-state index is 5.48. The van der Waals surface area contributed by atoms with Gasteiger partial charge in [0.05, 0.1) is 19.5 Å². The minimum atomic E-state index is 0.242. The molecular weight excluding hydrogens is 260 g/mol. The molecule has 1 heterocycles. The molecule has 0 aliphatic carbocycles. The van der Waals surface area contributed by atoms with Gasteiger partial charge in [0.15, 0.2) is 5.82 Å². The molecular formula is C13H14N4OS. The monoisotopic (exact) mass is 274 g/mol. The van der Waals surface area contributed by atoms with Crippen LogP contribution in [0.4, 0.5) is 11.5 Å². The van der Waals surface area contributed by atoms with Crippen LogP contribution in [0.3, 0.4) is 0 Å². The molecule has 0 unspecified atom stereocenters. The number of methoxy groups -OCH3 is 1. The lowest BCUT2D eigenvalue weighted by Crippen LogP contribution is -2.15. The number of hydrogen-bond acceptors (Lipinski definition) is 5. The third-order valence-electron chi connectivity index (χ3n) is 2.69. The van der Waals surface area contributed by atoms with Crippen LogP contribution in [0.25, 0.3) is 0 Å². The molecule has 6 heteroatoms. The van der Waals surface area contributed by atoms with Crippen LogP contribution in [0.2, 0.25) is 0 Å². The molecule has 19 heavy (non-hydrogen) atoms. The maximum atomic E-state index is 5.48. The second kappa shape index (κ2) is 5.62. The summed E-state index contributed by atoms with van der Waals surface area (Å²) >= 11 is 4.84. The Balaban J connectivity index is 2.22. The van der Waals surface area contributed by atoms with E-state index in [1.54, 1.807) is 19.5 Å². The van der Waals surface area contributed by atoms with Gasteiger partial charge in [-0.2, -0.15) is 0 Å². The summed E-state index contributed by atoms with van der Waals surface area (Å²) in [5, 5.41) is 0. The van der Waals surface area contributed by atoms with Crippen molar-refractivity contribution in [1.29, 1.82) is 0 Å². The Labute approximate surface area is 117 Å². The summed E-state index contributed by atoms with van der Waals surface area (Å²) in [6, 6.07) is 7.68. The average molecular weight is 274 g/mol. The second-order valence-corrected chi connectivity index (χ2v) is 4.32. The van der Waals surface area contributed by atoms with E-state index in [0.717, 1.165) is 11.4 Å². The fourth-order valence-corrected chi connectivity index (χ4v) is 1.67. The van der Waals surface area contributed by atoms with Crippen LogP contribution in [0.15, 0.2) is 36.7 Å². The van der Waals surface area contributed by atoms with Crippen molar-refractivity contribution < 1.29 is 4.74 Å².